The lowest BCUT2D eigenvalue weighted by Gasteiger charge is -2.26. The average molecular weight is 342 g/mol. The van der Waals surface area contributed by atoms with E-state index in [2.05, 4.69) is 84.6 Å². The maximum atomic E-state index is 4.86. The smallest absolute Gasteiger partial charge is 0.129 e. The van der Waals surface area contributed by atoms with Gasteiger partial charge in [-0.2, -0.15) is 0 Å². The van der Waals surface area contributed by atoms with Crippen LogP contribution in [-0.4, -0.2) is 37.1 Å². The summed E-state index contributed by atoms with van der Waals surface area (Å²) < 4.78 is 0. The topological polar surface area (TPSA) is 19.4 Å². The number of aromatic nitrogens is 1. The summed E-state index contributed by atoms with van der Waals surface area (Å²) in [4.78, 5) is 9.41. The van der Waals surface area contributed by atoms with Gasteiger partial charge in [0.25, 0.3) is 0 Å². The molecule has 3 rings (SSSR count). The van der Waals surface area contributed by atoms with Crippen LogP contribution in [0.2, 0.25) is 0 Å². The summed E-state index contributed by atoms with van der Waals surface area (Å²) in [5, 5.41) is 1.18. The third-order valence-corrected chi connectivity index (χ3v) is 3.94. The van der Waals surface area contributed by atoms with Crippen molar-refractivity contribution in [1.29, 1.82) is 0 Å². The molecule has 24 heavy (non-hydrogen) atoms. The zero-order valence-electron chi connectivity index (χ0n) is 14.2. The van der Waals surface area contributed by atoms with Crippen LogP contribution in [0.1, 0.15) is 5.56 Å². The van der Waals surface area contributed by atoms with Crippen LogP contribution < -0.4 is 4.90 Å². The minimum Gasteiger partial charge on any atom is -0.351 e. The van der Waals surface area contributed by atoms with Gasteiger partial charge in [-0.25, -0.2) is 4.98 Å². The maximum Gasteiger partial charge on any atom is 0.129 e. The molecule has 1 heterocycles. The highest BCUT2D eigenvalue weighted by atomic mass is 35.5. The molecule has 0 fully saturated rings. The predicted molar refractivity (Wildman–Crippen MR) is 105 cm³/mol. The van der Waals surface area contributed by atoms with E-state index in [-0.39, 0.29) is 12.4 Å². The summed E-state index contributed by atoms with van der Waals surface area (Å²) in [5.41, 5.74) is 2.36. The molecule has 0 atom stereocenters. The van der Waals surface area contributed by atoms with Gasteiger partial charge in [0, 0.05) is 25.0 Å². The first-order valence-electron chi connectivity index (χ1n) is 8.02. The Kier molecular flexibility index (Phi) is 6.59. The van der Waals surface area contributed by atoms with Gasteiger partial charge >= 0.3 is 0 Å². The molecule has 0 aliphatic rings. The molecule has 4 heteroatoms. The number of pyridine rings is 1. The van der Waals surface area contributed by atoms with E-state index in [9.17, 15) is 0 Å². The van der Waals surface area contributed by atoms with Crippen molar-refractivity contribution in [2.45, 2.75) is 6.54 Å². The second-order valence-corrected chi connectivity index (χ2v) is 6.07. The van der Waals surface area contributed by atoms with Crippen molar-refractivity contribution >= 4 is 29.1 Å². The first kappa shape index (κ1) is 18.2. The Morgan fingerprint density at radius 2 is 1.50 bits per heavy atom. The molecule has 0 saturated heterocycles. The first-order valence-corrected chi connectivity index (χ1v) is 8.02. The lowest BCUT2D eigenvalue weighted by molar-refractivity contribution is 0.412. The average Bonchev–Trinajstić information content (AvgIpc) is 2.59. The zero-order chi connectivity index (χ0) is 16.1. The fourth-order valence-electron chi connectivity index (χ4n) is 2.63. The Balaban J connectivity index is 0.00000208. The van der Waals surface area contributed by atoms with Gasteiger partial charge < -0.3 is 9.80 Å². The standard InChI is InChI=1S/C20H23N3.ClH/c1-22(2)14-15-23(16-17-8-4-3-5-9-17)20-13-12-18-10-6-7-11-19(18)21-20;/h3-13H,14-16H2,1-2H3;1H. The van der Waals surface area contributed by atoms with Crippen LogP contribution in [0.15, 0.2) is 66.7 Å². The SMILES string of the molecule is CN(C)CCN(Cc1ccccc1)c1ccc2ccccc2n1.Cl. The number of halogens is 1. The number of hydrogen-bond donors (Lipinski definition) is 0. The van der Waals surface area contributed by atoms with Crippen LogP contribution in [-0.2, 0) is 6.54 Å². The molecule has 3 nitrogen and oxygen atoms in total. The fraction of sp³-hybridized carbons (Fsp3) is 0.250. The molecular formula is C20H24ClN3. The van der Waals surface area contributed by atoms with Gasteiger partial charge in [0.2, 0.25) is 0 Å². The van der Waals surface area contributed by atoms with Crippen molar-refractivity contribution in [3.63, 3.8) is 0 Å². The molecule has 126 valence electrons. The van der Waals surface area contributed by atoms with E-state index >= 15 is 0 Å². The molecule has 3 aromatic rings. The third-order valence-electron chi connectivity index (χ3n) is 3.94. The van der Waals surface area contributed by atoms with Crippen LogP contribution in [0.5, 0.6) is 0 Å². The molecule has 0 aliphatic heterocycles. The van der Waals surface area contributed by atoms with Gasteiger partial charge in [-0.05, 0) is 37.9 Å². The van der Waals surface area contributed by atoms with Crippen LogP contribution in [0.25, 0.3) is 10.9 Å². The van der Waals surface area contributed by atoms with E-state index in [1.165, 1.54) is 10.9 Å². The van der Waals surface area contributed by atoms with E-state index < -0.39 is 0 Å². The monoisotopic (exact) mass is 341 g/mol. The lowest BCUT2D eigenvalue weighted by Crippen LogP contribution is -2.31. The fourth-order valence-corrected chi connectivity index (χ4v) is 2.63. The van der Waals surface area contributed by atoms with Gasteiger partial charge in [-0.3, -0.25) is 0 Å². The largest absolute Gasteiger partial charge is 0.351 e. The van der Waals surface area contributed by atoms with Crippen LogP contribution >= 0.6 is 12.4 Å². The van der Waals surface area contributed by atoms with E-state index in [1.54, 1.807) is 0 Å². The number of likely N-dealkylation sites (N-methyl/N-ethyl adjacent to an activating group) is 1. The molecule has 0 unspecified atom stereocenters. The summed E-state index contributed by atoms with van der Waals surface area (Å²) >= 11 is 0. The second kappa shape index (κ2) is 8.67. The molecular weight excluding hydrogens is 318 g/mol. The number of hydrogen-bond acceptors (Lipinski definition) is 3. The molecule has 0 spiro atoms. The minimum absolute atomic E-state index is 0. The second-order valence-electron chi connectivity index (χ2n) is 6.07. The van der Waals surface area contributed by atoms with Crippen molar-refractivity contribution in [3.8, 4) is 0 Å². The third kappa shape index (κ3) is 4.70. The van der Waals surface area contributed by atoms with Crippen molar-refractivity contribution in [3.05, 3.63) is 72.3 Å². The maximum absolute atomic E-state index is 4.86. The Morgan fingerprint density at radius 1 is 0.792 bits per heavy atom. The van der Waals surface area contributed by atoms with Gasteiger partial charge in [-0.15, -0.1) is 12.4 Å². The van der Waals surface area contributed by atoms with Gasteiger partial charge in [-0.1, -0.05) is 48.5 Å². The lowest BCUT2D eigenvalue weighted by atomic mass is 10.2. The van der Waals surface area contributed by atoms with Gasteiger partial charge in [0.15, 0.2) is 0 Å². The normalized spacial score (nSPS) is 10.6. The number of fused-ring (bicyclic) bond motifs is 1. The zero-order valence-corrected chi connectivity index (χ0v) is 15.0. The summed E-state index contributed by atoms with van der Waals surface area (Å²) in [6.07, 6.45) is 0. The van der Waals surface area contributed by atoms with Gasteiger partial charge in [0.1, 0.15) is 5.82 Å². The van der Waals surface area contributed by atoms with E-state index in [1.807, 2.05) is 6.07 Å². The molecule has 0 aliphatic carbocycles. The number of nitrogens with zero attached hydrogens (tertiary/aromatic N) is 3. The first-order chi connectivity index (χ1) is 11.2. The molecule has 2 aromatic carbocycles. The van der Waals surface area contributed by atoms with Crippen LogP contribution in [0, 0.1) is 0 Å². The predicted octanol–water partition coefficient (Wildman–Crippen LogP) is 4.22. The van der Waals surface area contributed by atoms with E-state index in [4.69, 9.17) is 4.98 Å². The van der Waals surface area contributed by atoms with Crippen molar-refractivity contribution in [2.75, 3.05) is 32.1 Å². The number of anilines is 1. The molecule has 0 N–H and O–H groups in total. The quantitative estimate of drug-likeness (QED) is 0.669. The van der Waals surface area contributed by atoms with Crippen molar-refractivity contribution in [1.82, 2.24) is 9.88 Å². The Bertz CT molecular complexity index is 759. The summed E-state index contributed by atoms with van der Waals surface area (Å²) in [6, 6.07) is 23.1. The number of rotatable bonds is 6. The van der Waals surface area contributed by atoms with Crippen molar-refractivity contribution in [2.24, 2.45) is 0 Å². The number of benzene rings is 2. The highest BCUT2D eigenvalue weighted by Crippen LogP contribution is 2.19. The highest BCUT2D eigenvalue weighted by molar-refractivity contribution is 5.85. The van der Waals surface area contributed by atoms with Crippen molar-refractivity contribution < 1.29 is 0 Å². The summed E-state index contributed by atoms with van der Waals surface area (Å²) in [5.74, 6) is 1.04. The van der Waals surface area contributed by atoms with Crippen LogP contribution in [0.4, 0.5) is 5.82 Å². The van der Waals surface area contributed by atoms with Gasteiger partial charge in [0.05, 0.1) is 5.52 Å². The molecule has 1 aromatic heterocycles. The number of para-hydroxylation sites is 1. The molecule has 0 amide bonds. The van der Waals surface area contributed by atoms with E-state index in [0.717, 1.165) is 31.0 Å². The Hall–Kier alpha value is -2.10. The molecule has 0 radical (unpaired) electrons. The highest BCUT2D eigenvalue weighted by Gasteiger charge is 2.10. The minimum atomic E-state index is 0. The summed E-state index contributed by atoms with van der Waals surface area (Å²) in [7, 11) is 4.21. The van der Waals surface area contributed by atoms with Crippen LogP contribution in [0.3, 0.4) is 0 Å². The molecule has 0 bridgehead atoms. The molecule has 0 saturated carbocycles. The summed E-state index contributed by atoms with van der Waals surface area (Å²) in [6.45, 7) is 2.83. The Labute approximate surface area is 150 Å². The Morgan fingerprint density at radius 3 is 2.25 bits per heavy atom. The van der Waals surface area contributed by atoms with E-state index in [0.29, 0.717) is 0 Å².